The zero-order valence-corrected chi connectivity index (χ0v) is 19.2. The number of carbonyl (C=O) groups excluding carboxylic acids is 2. The van der Waals surface area contributed by atoms with Crippen molar-refractivity contribution in [3.05, 3.63) is 81.3 Å². The maximum atomic E-state index is 12.0. The molecule has 6 nitrogen and oxygen atoms in total. The van der Waals surface area contributed by atoms with Crippen LogP contribution in [0.15, 0.2) is 60.0 Å². The molecule has 2 aromatic carbocycles. The van der Waals surface area contributed by atoms with Crippen LogP contribution in [0.3, 0.4) is 0 Å². The molecule has 0 saturated heterocycles. The monoisotopic (exact) mass is 469 g/mol. The van der Waals surface area contributed by atoms with E-state index < -0.39 is 0 Å². The van der Waals surface area contributed by atoms with Crippen LogP contribution in [-0.4, -0.2) is 23.3 Å². The number of carbonyl (C=O) groups is 2. The Bertz CT molecular complexity index is 1080. The van der Waals surface area contributed by atoms with Crippen LogP contribution in [0.25, 0.3) is 6.08 Å². The average molecular weight is 470 g/mol. The molecular weight excluding hydrogens is 446 g/mol. The second-order valence-electron chi connectivity index (χ2n) is 7.00. The van der Waals surface area contributed by atoms with Gasteiger partial charge in [-0.15, -0.1) is 11.3 Å². The zero-order valence-electron chi connectivity index (χ0n) is 17.6. The Labute approximate surface area is 196 Å². The van der Waals surface area contributed by atoms with Gasteiger partial charge in [0, 0.05) is 35.1 Å². The number of anilines is 1. The summed E-state index contributed by atoms with van der Waals surface area (Å²) >= 11 is 7.41. The van der Waals surface area contributed by atoms with Crippen molar-refractivity contribution in [2.24, 2.45) is 0 Å². The van der Waals surface area contributed by atoms with Gasteiger partial charge in [0.2, 0.25) is 11.8 Å². The van der Waals surface area contributed by atoms with Crippen LogP contribution < -0.4 is 15.4 Å². The van der Waals surface area contributed by atoms with Gasteiger partial charge in [-0.05, 0) is 61.4 Å². The number of ether oxygens (including phenoxy) is 1. The molecule has 1 aromatic heterocycles. The van der Waals surface area contributed by atoms with Crippen molar-refractivity contribution in [3.63, 3.8) is 0 Å². The predicted molar refractivity (Wildman–Crippen MR) is 129 cm³/mol. The Hall–Kier alpha value is -3.16. The lowest BCUT2D eigenvalue weighted by molar-refractivity contribution is -0.118. The Kier molecular flexibility index (Phi) is 8.83. The molecule has 0 atom stereocenters. The number of nitrogens with zero attached hydrogens (tertiary/aromatic N) is 1. The number of halogens is 1. The molecule has 3 aromatic rings. The van der Waals surface area contributed by atoms with Crippen LogP contribution in [0.1, 0.15) is 29.1 Å². The average Bonchev–Trinajstić information content (AvgIpc) is 3.21. The van der Waals surface area contributed by atoms with E-state index in [-0.39, 0.29) is 11.8 Å². The van der Waals surface area contributed by atoms with Gasteiger partial charge in [0.05, 0.1) is 10.7 Å². The number of amides is 2. The third-order valence-corrected chi connectivity index (χ3v) is 5.42. The van der Waals surface area contributed by atoms with Crippen LogP contribution in [0, 0.1) is 6.92 Å². The lowest BCUT2D eigenvalue weighted by atomic mass is 10.2. The number of aromatic nitrogens is 1. The molecule has 0 aliphatic carbocycles. The van der Waals surface area contributed by atoms with Crippen LogP contribution in [0.4, 0.5) is 5.69 Å². The van der Waals surface area contributed by atoms with Gasteiger partial charge in [-0.2, -0.15) is 0 Å². The fourth-order valence-corrected chi connectivity index (χ4v) is 3.51. The number of thiazole rings is 1. The number of benzene rings is 2. The molecule has 2 amide bonds. The summed E-state index contributed by atoms with van der Waals surface area (Å²) in [4.78, 5) is 28.4. The van der Waals surface area contributed by atoms with Crippen molar-refractivity contribution >= 4 is 46.5 Å². The van der Waals surface area contributed by atoms with E-state index in [1.807, 2.05) is 36.6 Å². The number of aryl methyl sites for hydroxylation is 1. The van der Waals surface area contributed by atoms with E-state index in [2.05, 4.69) is 15.6 Å². The number of hydrogen-bond donors (Lipinski definition) is 2. The van der Waals surface area contributed by atoms with Gasteiger partial charge < -0.3 is 15.4 Å². The SMILES string of the molecule is Cc1nc(COc2cccc(/C=C/C(=O)NCCCC(=O)Nc3ccc(Cl)cc3)c2)cs1. The second kappa shape index (κ2) is 12.0. The molecule has 8 heteroatoms. The lowest BCUT2D eigenvalue weighted by Crippen LogP contribution is -2.23. The standard InChI is InChI=1S/C24H24ClN3O3S/c1-17-27-21(16-32-17)15-31-22-5-2-4-18(14-22)7-12-23(29)26-13-3-6-24(30)28-20-10-8-19(25)9-11-20/h2,4-5,7-12,14,16H,3,6,13,15H2,1H3,(H,26,29)(H,28,30)/b12-7+. The van der Waals surface area contributed by atoms with Gasteiger partial charge in [-0.3, -0.25) is 9.59 Å². The summed E-state index contributed by atoms with van der Waals surface area (Å²) in [6, 6.07) is 14.4. The lowest BCUT2D eigenvalue weighted by Gasteiger charge is -2.06. The summed E-state index contributed by atoms with van der Waals surface area (Å²) < 4.78 is 5.77. The molecule has 1 heterocycles. The number of hydrogen-bond acceptors (Lipinski definition) is 5. The van der Waals surface area contributed by atoms with E-state index in [0.29, 0.717) is 42.5 Å². The molecule has 2 N–H and O–H groups in total. The summed E-state index contributed by atoms with van der Waals surface area (Å²) in [5.41, 5.74) is 2.45. The minimum atomic E-state index is -0.215. The highest BCUT2D eigenvalue weighted by molar-refractivity contribution is 7.09. The molecule has 0 aliphatic heterocycles. The van der Waals surface area contributed by atoms with Gasteiger partial charge in [-0.25, -0.2) is 4.98 Å². The maximum Gasteiger partial charge on any atom is 0.243 e. The molecule has 0 bridgehead atoms. The van der Waals surface area contributed by atoms with E-state index in [4.69, 9.17) is 16.3 Å². The van der Waals surface area contributed by atoms with Gasteiger partial charge in [0.1, 0.15) is 12.4 Å². The Balaban J connectivity index is 1.36. The fourth-order valence-electron chi connectivity index (χ4n) is 2.79. The molecule has 0 spiro atoms. The van der Waals surface area contributed by atoms with Gasteiger partial charge in [0.25, 0.3) is 0 Å². The van der Waals surface area contributed by atoms with E-state index in [1.165, 1.54) is 6.08 Å². The summed E-state index contributed by atoms with van der Waals surface area (Å²) in [5.74, 6) is 0.388. The highest BCUT2D eigenvalue weighted by Gasteiger charge is 2.04. The van der Waals surface area contributed by atoms with Gasteiger partial charge in [0.15, 0.2) is 0 Å². The van der Waals surface area contributed by atoms with Crippen LogP contribution in [-0.2, 0) is 16.2 Å². The maximum absolute atomic E-state index is 12.0. The fraction of sp³-hybridized carbons (Fsp3) is 0.208. The molecule has 0 radical (unpaired) electrons. The molecule has 0 fully saturated rings. The summed E-state index contributed by atoms with van der Waals surface area (Å²) in [5, 5.41) is 9.17. The van der Waals surface area contributed by atoms with Crippen molar-refractivity contribution in [1.82, 2.24) is 10.3 Å². The van der Waals surface area contributed by atoms with E-state index in [1.54, 1.807) is 41.7 Å². The van der Waals surface area contributed by atoms with Crippen molar-refractivity contribution < 1.29 is 14.3 Å². The van der Waals surface area contributed by atoms with Crippen molar-refractivity contribution in [2.75, 3.05) is 11.9 Å². The Morgan fingerprint density at radius 1 is 1.19 bits per heavy atom. The molecular formula is C24H24ClN3O3S. The summed E-state index contributed by atoms with van der Waals surface area (Å²) in [6.07, 6.45) is 4.04. The smallest absolute Gasteiger partial charge is 0.243 e. The minimum absolute atomic E-state index is 0.109. The third kappa shape index (κ3) is 8.17. The van der Waals surface area contributed by atoms with E-state index in [9.17, 15) is 9.59 Å². The first-order valence-corrected chi connectivity index (χ1v) is 11.4. The largest absolute Gasteiger partial charge is 0.487 e. The van der Waals surface area contributed by atoms with Gasteiger partial charge in [-0.1, -0.05) is 23.7 Å². The molecule has 0 aliphatic rings. The minimum Gasteiger partial charge on any atom is -0.487 e. The first kappa shape index (κ1) is 23.5. The molecule has 0 saturated carbocycles. The highest BCUT2D eigenvalue weighted by atomic mass is 35.5. The van der Waals surface area contributed by atoms with Gasteiger partial charge >= 0.3 is 0 Å². The summed E-state index contributed by atoms with van der Waals surface area (Å²) in [7, 11) is 0. The van der Waals surface area contributed by atoms with E-state index in [0.717, 1.165) is 16.3 Å². The summed E-state index contributed by atoms with van der Waals surface area (Å²) in [6.45, 7) is 2.78. The van der Waals surface area contributed by atoms with Crippen molar-refractivity contribution in [3.8, 4) is 5.75 Å². The first-order valence-electron chi connectivity index (χ1n) is 10.1. The number of nitrogens with one attached hydrogen (secondary N) is 2. The predicted octanol–water partition coefficient (Wildman–Crippen LogP) is 5.23. The number of rotatable bonds is 10. The molecule has 0 unspecified atom stereocenters. The van der Waals surface area contributed by atoms with Crippen LogP contribution in [0.5, 0.6) is 5.75 Å². The van der Waals surface area contributed by atoms with E-state index >= 15 is 0 Å². The van der Waals surface area contributed by atoms with Crippen LogP contribution >= 0.6 is 22.9 Å². The van der Waals surface area contributed by atoms with Crippen molar-refractivity contribution in [1.29, 1.82) is 0 Å². The zero-order chi connectivity index (χ0) is 22.8. The third-order valence-electron chi connectivity index (χ3n) is 4.35. The first-order chi connectivity index (χ1) is 15.5. The van der Waals surface area contributed by atoms with Crippen LogP contribution in [0.2, 0.25) is 5.02 Å². The molecule has 166 valence electrons. The Morgan fingerprint density at radius 2 is 2.00 bits per heavy atom. The molecule has 32 heavy (non-hydrogen) atoms. The normalized spacial score (nSPS) is 10.8. The quantitative estimate of drug-likeness (QED) is 0.314. The second-order valence-corrected chi connectivity index (χ2v) is 8.50. The Morgan fingerprint density at radius 3 is 2.75 bits per heavy atom. The highest BCUT2D eigenvalue weighted by Crippen LogP contribution is 2.17. The van der Waals surface area contributed by atoms with Crippen molar-refractivity contribution in [2.45, 2.75) is 26.4 Å². The topological polar surface area (TPSA) is 80.3 Å². The molecule has 3 rings (SSSR count).